The van der Waals surface area contributed by atoms with Gasteiger partial charge in [-0.15, -0.1) is 0 Å². The molecule has 0 aromatic rings. The van der Waals surface area contributed by atoms with Gasteiger partial charge in [-0.1, -0.05) is 30.4 Å². The van der Waals surface area contributed by atoms with Crippen LogP contribution in [0.4, 0.5) is 0 Å². The standard InChI is InChI=1S/C28H33NO8/c1-7-9-10-12-16(30)18-20(32)14(3)23(33)26(5)21(18)25(4)24(34)19-17(31)13-15(11-8-2)29-22(19)27(6,35)28(25,36)37-26/h7-12,15,21,30,32,34-36H,13H2,1-6H3/b9-7+,11-8-,12-10+,18-16-/t15-,21-,25-,26+,27+,28-/m1/s1. The van der Waals surface area contributed by atoms with E-state index in [9.17, 15) is 35.1 Å². The Kier molecular flexibility index (Phi) is 6.06. The van der Waals surface area contributed by atoms with Gasteiger partial charge < -0.3 is 30.3 Å². The number of aliphatic hydroxyl groups is 5. The highest BCUT2D eigenvalue weighted by atomic mass is 16.7. The van der Waals surface area contributed by atoms with Crippen molar-refractivity contribution in [3.05, 3.63) is 70.5 Å². The Morgan fingerprint density at radius 1 is 1.08 bits per heavy atom. The smallest absolute Gasteiger partial charge is 0.215 e. The molecule has 2 aliphatic carbocycles. The summed E-state index contributed by atoms with van der Waals surface area (Å²) in [4.78, 5) is 31.3. The lowest BCUT2D eigenvalue weighted by atomic mass is 9.53. The predicted octanol–water partition coefficient (Wildman–Crippen LogP) is 3.38. The van der Waals surface area contributed by atoms with Gasteiger partial charge in [-0.2, -0.15) is 0 Å². The van der Waals surface area contributed by atoms with Crippen LogP contribution < -0.4 is 0 Å². The van der Waals surface area contributed by atoms with E-state index in [0.29, 0.717) is 0 Å². The van der Waals surface area contributed by atoms with Crippen LogP contribution in [0.25, 0.3) is 0 Å². The lowest BCUT2D eigenvalue weighted by Gasteiger charge is -2.52. The number of hydrogen-bond acceptors (Lipinski definition) is 9. The summed E-state index contributed by atoms with van der Waals surface area (Å²) >= 11 is 0. The summed E-state index contributed by atoms with van der Waals surface area (Å²) < 4.78 is 6.07. The minimum absolute atomic E-state index is 0.0795. The first-order valence-electron chi connectivity index (χ1n) is 12.2. The molecule has 9 heteroatoms. The van der Waals surface area contributed by atoms with Gasteiger partial charge in [-0.05, 0) is 47.6 Å². The highest BCUT2D eigenvalue weighted by Gasteiger charge is 2.81. The van der Waals surface area contributed by atoms with Crippen LogP contribution in [0.3, 0.4) is 0 Å². The molecule has 0 amide bonds. The van der Waals surface area contributed by atoms with Crippen molar-refractivity contribution in [1.29, 1.82) is 0 Å². The van der Waals surface area contributed by atoms with E-state index in [1.54, 1.807) is 38.2 Å². The Balaban J connectivity index is 2.12. The quantitative estimate of drug-likeness (QED) is 0.219. The molecule has 0 saturated carbocycles. The molecule has 1 saturated heterocycles. The van der Waals surface area contributed by atoms with E-state index in [4.69, 9.17) is 4.74 Å². The van der Waals surface area contributed by atoms with E-state index >= 15 is 0 Å². The fourth-order valence-corrected chi connectivity index (χ4v) is 6.36. The van der Waals surface area contributed by atoms with Crippen molar-refractivity contribution in [3.8, 4) is 0 Å². The van der Waals surface area contributed by atoms with E-state index in [-0.39, 0.29) is 28.9 Å². The van der Waals surface area contributed by atoms with Crippen LogP contribution in [-0.2, 0) is 14.3 Å². The molecule has 4 rings (SSSR count). The first kappa shape index (κ1) is 26.8. The number of Topliss-reactive ketones (excluding diaryl/α,β-unsaturated/α-hetero) is 2. The summed E-state index contributed by atoms with van der Waals surface area (Å²) in [5, 5.41) is 57.8. The van der Waals surface area contributed by atoms with Gasteiger partial charge in [0.25, 0.3) is 0 Å². The van der Waals surface area contributed by atoms with Crippen LogP contribution >= 0.6 is 0 Å². The van der Waals surface area contributed by atoms with Gasteiger partial charge in [0.15, 0.2) is 17.2 Å². The Labute approximate surface area is 215 Å². The largest absolute Gasteiger partial charge is 0.511 e. The van der Waals surface area contributed by atoms with Gasteiger partial charge in [0.1, 0.15) is 22.9 Å². The third kappa shape index (κ3) is 3.17. The third-order valence-electron chi connectivity index (χ3n) is 8.19. The van der Waals surface area contributed by atoms with Crippen molar-refractivity contribution >= 4 is 17.3 Å². The lowest BCUT2D eigenvalue weighted by Crippen LogP contribution is -2.70. The number of carbonyl (C=O) groups is 2. The fourth-order valence-electron chi connectivity index (χ4n) is 6.36. The van der Waals surface area contributed by atoms with Gasteiger partial charge in [0.05, 0.1) is 22.7 Å². The minimum atomic E-state index is -2.69. The number of ether oxygens (including phenoxy) is 1. The Bertz CT molecular complexity index is 1310. The van der Waals surface area contributed by atoms with Crippen molar-refractivity contribution in [1.82, 2.24) is 0 Å². The summed E-state index contributed by atoms with van der Waals surface area (Å²) in [5.41, 5.74) is -7.21. The molecule has 6 atom stereocenters. The van der Waals surface area contributed by atoms with Crippen molar-refractivity contribution < 1.29 is 39.9 Å². The second-order valence-corrected chi connectivity index (χ2v) is 10.5. The number of ketones is 2. The highest BCUT2D eigenvalue weighted by molar-refractivity contribution is 6.28. The average Bonchev–Trinajstić information content (AvgIpc) is 3.02. The SMILES string of the molecule is C/C=C\[C@@H]1CC(=O)C2=C(O)[C@@]3(C)[C@H]4/C(=C(O)/C=C/C=C/C)C(O)=C(C)C(=O)[C@@]4(C)O[C@@]3(O)[C@@](C)(O)C2=N1. The van der Waals surface area contributed by atoms with E-state index in [2.05, 4.69) is 4.99 Å². The zero-order chi connectivity index (χ0) is 27.7. The Hall–Kier alpha value is -3.27. The van der Waals surface area contributed by atoms with E-state index in [1.165, 1.54) is 39.8 Å². The van der Waals surface area contributed by atoms with Crippen molar-refractivity contribution in [2.24, 2.45) is 16.3 Å². The second kappa shape index (κ2) is 8.37. The van der Waals surface area contributed by atoms with Gasteiger partial charge in [0.2, 0.25) is 5.79 Å². The molecule has 5 N–H and O–H groups in total. The van der Waals surface area contributed by atoms with Crippen molar-refractivity contribution in [2.45, 2.75) is 71.0 Å². The minimum Gasteiger partial charge on any atom is -0.511 e. The summed E-state index contributed by atoms with van der Waals surface area (Å²) in [5.74, 6) is -6.92. The second-order valence-electron chi connectivity index (χ2n) is 10.5. The van der Waals surface area contributed by atoms with Crippen LogP contribution in [-0.4, -0.2) is 65.8 Å². The molecule has 0 radical (unpaired) electrons. The molecule has 0 aromatic carbocycles. The Morgan fingerprint density at radius 3 is 2.32 bits per heavy atom. The molecule has 0 spiro atoms. The number of aliphatic imine (C=N–C) groups is 1. The van der Waals surface area contributed by atoms with Gasteiger partial charge in [0, 0.05) is 23.5 Å². The summed E-state index contributed by atoms with van der Waals surface area (Å²) in [6.45, 7) is 8.79. The Morgan fingerprint density at radius 2 is 1.73 bits per heavy atom. The van der Waals surface area contributed by atoms with Gasteiger partial charge in [-0.3, -0.25) is 14.6 Å². The molecule has 0 aromatic heterocycles. The molecule has 9 nitrogen and oxygen atoms in total. The summed E-state index contributed by atoms with van der Waals surface area (Å²) in [6, 6.07) is -0.631. The molecule has 37 heavy (non-hydrogen) atoms. The molecule has 4 aliphatic rings. The van der Waals surface area contributed by atoms with Crippen LogP contribution in [0.15, 0.2) is 75.4 Å². The number of aliphatic hydroxyl groups excluding tert-OH is 3. The van der Waals surface area contributed by atoms with Crippen LogP contribution in [0, 0.1) is 11.3 Å². The molecule has 2 heterocycles. The molecule has 198 valence electrons. The highest BCUT2D eigenvalue weighted by Crippen LogP contribution is 2.68. The average molecular weight is 512 g/mol. The zero-order valence-electron chi connectivity index (χ0n) is 21.7. The maximum Gasteiger partial charge on any atom is 0.215 e. The third-order valence-corrected chi connectivity index (χ3v) is 8.19. The van der Waals surface area contributed by atoms with Gasteiger partial charge >= 0.3 is 0 Å². The first-order chi connectivity index (χ1) is 17.1. The lowest BCUT2D eigenvalue weighted by molar-refractivity contribution is -0.308. The maximum absolute atomic E-state index is 13.6. The number of rotatable bonds is 3. The zero-order valence-corrected chi connectivity index (χ0v) is 21.7. The van der Waals surface area contributed by atoms with E-state index in [0.717, 1.165) is 0 Å². The maximum atomic E-state index is 13.6. The van der Waals surface area contributed by atoms with Gasteiger partial charge in [-0.25, -0.2) is 0 Å². The number of fused-ring (bicyclic) bond motifs is 4. The number of hydrogen-bond donors (Lipinski definition) is 5. The molecular weight excluding hydrogens is 478 g/mol. The van der Waals surface area contributed by atoms with Crippen LogP contribution in [0.1, 0.15) is 48.0 Å². The number of nitrogens with zero attached hydrogens (tertiary/aromatic N) is 1. The van der Waals surface area contributed by atoms with Crippen molar-refractivity contribution in [3.63, 3.8) is 0 Å². The summed E-state index contributed by atoms with van der Waals surface area (Å²) in [6.07, 6.45) is 9.43. The molecule has 0 unspecified atom stereocenters. The normalized spacial score (nSPS) is 41.6. The van der Waals surface area contributed by atoms with Crippen LogP contribution in [0.5, 0.6) is 0 Å². The van der Waals surface area contributed by atoms with Crippen LogP contribution in [0.2, 0.25) is 0 Å². The number of allylic oxidation sites excluding steroid dienone is 6. The van der Waals surface area contributed by atoms with Crippen molar-refractivity contribution in [2.75, 3.05) is 0 Å². The molecule has 1 fully saturated rings. The predicted molar refractivity (Wildman–Crippen MR) is 136 cm³/mol. The van der Waals surface area contributed by atoms with E-state index in [1.807, 2.05) is 0 Å². The fraction of sp³-hybridized carbons (Fsp3) is 0.464. The first-order valence-corrected chi connectivity index (χ1v) is 12.2. The van der Waals surface area contributed by atoms with E-state index < -0.39 is 63.2 Å². The topological polar surface area (TPSA) is 157 Å². The molecule has 2 aliphatic heterocycles. The number of carbonyl (C=O) groups excluding carboxylic acids is 2. The summed E-state index contributed by atoms with van der Waals surface area (Å²) in [7, 11) is 0. The monoisotopic (exact) mass is 511 g/mol. The molecular formula is C28H33NO8. The molecule has 0 bridgehead atoms.